The normalized spacial score (nSPS) is 13.4. The summed E-state index contributed by atoms with van der Waals surface area (Å²) in [6.07, 6.45) is 1.54. The number of rotatable bonds is 6. The Bertz CT molecular complexity index is 418. The van der Waals surface area contributed by atoms with Gasteiger partial charge in [-0.05, 0) is 37.6 Å². The number of ether oxygens (including phenoxy) is 2. The van der Waals surface area contributed by atoms with E-state index in [9.17, 15) is 4.79 Å². The molecule has 0 saturated heterocycles. The molecule has 98 valence electrons. The lowest BCUT2D eigenvalue weighted by molar-refractivity contribution is -0.117. The van der Waals surface area contributed by atoms with Gasteiger partial charge in [-0.25, -0.2) is 0 Å². The molecule has 0 radical (unpaired) electrons. The van der Waals surface area contributed by atoms with Gasteiger partial charge in [0.15, 0.2) is 11.5 Å². The number of nitrogens with one attached hydrogen (secondary N) is 1. The van der Waals surface area contributed by atoms with Crippen LogP contribution in [0.5, 0.6) is 11.5 Å². The van der Waals surface area contributed by atoms with E-state index in [1.54, 1.807) is 6.92 Å². The molecule has 0 saturated carbocycles. The van der Waals surface area contributed by atoms with Crippen molar-refractivity contribution in [3.8, 4) is 11.5 Å². The van der Waals surface area contributed by atoms with Crippen LogP contribution >= 0.6 is 0 Å². The second kappa shape index (κ2) is 6.40. The molecule has 0 unspecified atom stereocenters. The number of fused-ring (bicyclic) bond motifs is 1. The molecular weight excluding hydrogens is 230 g/mol. The summed E-state index contributed by atoms with van der Waals surface area (Å²) in [6.45, 7) is 4.50. The first-order valence-electron chi connectivity index (χ1n) is 6.34. The predicted molar refractivity (Wildman–Crippen MR) is 69.1 cm³/mol. The Morgan fingerprint density at radius 2 is 2.06 bits per heavy atom. The van der Waals surface area contributed by atoms with Crippen molar-refractivity contribution in [2.45, 2.75) is 26.3 Å². The third kappa shape index (κ3) is 3.74. The molecule has 1 aliphatic rings. The van der Waals surface area contributed by atoms with E-state index in [-0.39, 0.29) is 5.78 Å². The minimum Gasteiger partial charge on any atom is -0.486 e. The summed E-state index contributed by atoms with van der Waals surface area (Å²) >= 11 is 0. The van der Waals surface area contributed by atoms with Crippen LogP contribution in [0.2, 0.25) is 0 Å². The van der Waals surface area contributed by atoms with Gasteiger partial charge in [0.1, 0.15) is 19.0 Å². The summed E-state index contributed by atoms with van der Waals surface area (Å²) in [4.78, 5) is 10.8. The second-order valence-corrected chi connectivity index (χ2v) is 4.46. The molecule has 0 bridgehead atoms. The van der Waals surface area contributed by atoms with Crippen molar-refractivity contribution < 1.29 is 14.3 Å². The van der Waals surface area contributed by atoms with Crippen LogP contribution in [0, 0.1) is 0 Å². The van der Waals surface area contributed by atoms with E-state index >= 15 is 0 Å². The fourth-order valence-corrected chi connectivity index (χ4v) is 1.89. The fraction of sp³-hybridized carbons (Fsp3) is 0.500. The van der Waals surface area contributed by atoms with Gasteiger partial charge in [0.2, 0.25) is 0 Å². The van der Waals surface area contributed by atoms with Gasteiger partial charge in [-0.2, -0.15) is 0 Å². The Morgan fingerprint density at radius 1 is 1.28 bits per heavy atom. The van der Waals surface area contributed by atoms with Crippen LogP contribution in [-0.4, -0.2) is 25.5 Å². The summed E-state index contributed by atoms with van der Waals surface area (Å²) in [5.74, 6) is 1.89. The van der Waals surface area contributed by atoms with E-state index in [1.807, 2.05) is 18.2 Å². The molecule has 4 nitrogen and oxygen atoms in total. The Labute approximate surface area is 107 Å². The van der Waals surface area contributed by atoms with Crippen molar-refractivity contribution in [1.29, 1.82) is 0 Å². The largest absolute Gasteiger partial charge is 0.486 e. The third-order valence-corrected chi connectivity index (χ3v) is 2.82. The van der Waals surface area contributed by atoms with Crippen LogP contribution in [-0.2, 0) is 11.3 Å². The fourth-order valence-electron chi connectivity index (χ4n) is 1.89. The predicted octanol–water partition coefficient (Wildman–Crippen LogP) is 1.92. The Balaban J connectivity index is 1.77. The topological polar surface area (TPSA) is 47.6 Å². The number of Topliss-reactive ketones (excluding diaryl/α,β-unsaturated/α-hetero) is 1. The number of carbonyl (C=O) groups excluding carboxylic acids is 1. The molecule has 4 heteroatoms. The maximum Gasteiger partial charge on any atom is 0.161 e. The van der Waals surface area contributed by atoms with Crippen LogP contribution in [0.4, 0.5) is 0 Å². The third-order valence-electron chi connectivity index (χ3n) is 2.82. The first kappa shape index (κ1) is 12.9. The van der Waals surface area contributed by atoms with E-state index in [2.05, 4.69) is 5.32 Å². The minimum atomic E-state index is 0.246. The van der Waals surface area contributed by atoms with Gasteiger partial charge in [0.25, 0.3) is 0 Å². The lowest BCUT2D eigenvalue weighted by Crippen LogP contribution is -2.17. The monoisotopic (exact) mass is 249 g/mol. The van der Waals surface area contributed by atoms with E-state index in [0.29, 0.717) is 19.6 Å². The zero-order valence-corrected chi connectivity index (χ0v) is 10.7. The molecule has 0 fully saturated rings. The molecule has 18 heavy (non-hydrogen) atoms. The Morgan fingerprint density at radius 3 is 2.83 bits per heavy atom. The van der Waals surface area contributed by atoms with Crippen LogP contribution < -0.4 is 14.8 Å². The zero-order chi connectivity index (χ0) is 12.8. The van der Waals surface area contributed by atoms with Gasteiger partial charge in [-0.1, -0.05) is 6.07 Å². The van der Waals surface area contributed by atoms with Gasteiger partial charge < -0.3 is 19.6 Å². The van der Waals surface area contributed by atoms with Crippen molar-refractivity contribution >= 4 is 5.78 Å². The van der Waals surface area contributed by atoms with Gasteiger partial charge in [0.05, 0.1) is 0 Å². The van der Waals surface area contributed by atoms with Gasteiger partial charge >= 0.3 is 0 Å². The molecular formula is C14H19NO3. The maximum absolute atomic E-state index is 10.8. The summed E-state index contributed by atoms with van der Waals surface area (Å²) in [5, 5.41) is 3.32. The van der Waals surface area contributed by atoms with Crippen LogP contribution in [0.15, 0.2) is 18.2 Å². The van der Waals surface area contributed by atoms with E-state index in [1.165, 1.54) is 5.56 Å². The first-order chi connectivity index (χ1) is 8.75. The average Bonchev–Trinajstić information content (AvgIpc) is 2.38. The Kier molecular flexibility index (Phi) is 4.59. The smallest absolute Gasteiger partial charge is 0.161 e. The molecule has 2 rings (SSSR count). The highest BCUT2D eigenvalue weighted by Crippen LogP contribution is 2.30. The SMILES string of the molecule is CC(=O)CCCNCc1ccc2c(c1)OCCO2. The highest BCUT2D eigenvalue weighted by molar-refractivity contribution is 5.75. The van der Waals surface area contributed by atoms with Gasteiger partial charge in [0, 0.05) is 13.0 Å². The molecule has 1 aliphatic heterocycles. The van der Waals surface area contributed by atoms with Crippen LogP contribution in [0.1, 0.15) is 25.3 Å². The van der Waals surface area contributed by atoms with E-state index < -0.39 is 0 Å². The van der Waals surface area contributed by atoms with E-state index in [0.717, 1.165) is 31.0 Å². The van der Waals surface area contributed by atoms with E-state index in [4.69, 9.17) is 9.47 Å². The average molecular weight is 249 g/mol. The number of benzene rings is 1. The van der Waals surface area contributed by atoms with Crippen molar-refractivity contribution in [3.05, 3.63) is 23.8 Å². The molecule has 1 aromatic carbocycles. The van der Waals surface area contributed by atoms with Crippen molar-refractivity contribution in [2.24, 2.45) is 0 Å². The molecule has 0 aromatic heterocycles. The highest BCUT2D eigenvalue weighted by Gasteiger charge is 2.11. The van der Waals surface area contributed by atoms with Gasteiger partial charge in [-0.3, -0.25) is 0 Å². The maximum atomic E-state index is 10.8. The van der Waals surface area contributed by atoms with Crippen molar-refractivity contribution in [3.63, 3.8) is 0 Å². The summed E-state index contributed by atoms with van der Waals surface area (Å²) in [6, 6.07) is 5.99. The lowest BCUT2D eigenvalue weighted by Gasteiger charge is -2.18. The van der Waals surface area contributed by atoms with Crippen molar-refractivity contribution in [1.82, 2.24) is 5.32 Å². The molecule has 0 spiro atoms. The van der Waals surface area contributed by atoms with Crippen LogP contribution in [0.3, 0.4) is 0 Å². The number of hydrogen-bond donors (Lipinski definition) is 1. The second-order valence-electron chi connectivity index (χ2n) is 4.46. The van der Waals surface area contributed by atoms with Crippen molar-refractivity contribution in [2.75, 3.05) is 19.8 Å². The minimum absolute atomic E-state index is 0.246. The molecule has 1 heterocycles. The Hall–Kier alpha value is -1.55. The zero-order valence-electron chi connectivity index (χ0n) is 10.7. The van der Waals surface area contributed by atoms with Crippen LogP contribution in [0.25, 0.3) is 0 Å². The quantitative estimate of drug-likeness (QED) is 0.782. The molecule has 1 N–H and O–H groups in total. The summed E-state index contributed by atoms with van der Waals surface area (Å²) in [7, 11) is 0. The first-order valence-corrected chi connectivity index (χ1v) is 6.34. The molecule has 0 aliphatic carbocycles. The number of hydrogen-bond acceptors (Lipinski definition) is 4. The summed E-state index contributed by atoms with van der Waals surface area (Å²) < 4.78 is 11.0. The molecule has 1 aromatic rings. The standard InChI is InChI=1S/C14H19NO3/c1-11(16)3-2-6-15-10-12-4-5-13-14(9-12)18-8-7-17-13/h4-5,9,15H,2-3,6-8,10H2,1H3. The number of carbonyl (C=O) groups is 1. The highest BCUT2D eigenvalue weighted by atomic mass is 16.6. The number of ketones is 1. The molecule has 0 atom stereocenters. The van der Waals surface area contributed by atoms with Gasteiger partial charge in [-0.15, -0.1) is 0 Å². The summed E-state index contributed by atoms with van der Waals surface area (Å²) in [5.41, 5.74) is 1.17. The lowest BCUT2D eigenvalue weighted by atomic mass is 10.2. The molecule has 0 amide bonds.